The molecule has 0 aliphatic rings. The van der Waals surface area contributed by atoms with Crippen molar-refractivity contribution in [3.05, 3.63) is 53.3 Å². The van der Waals surface area contributed by atoms with Crippen molar-refractivity contribution in [1.82, 2.24) is 24.0 Å². The molecule has 2 aromatic carbocycles. The van der Waals surface area contributed by atoms with Crippen LogP contribution in [0.25, 0.3) is 11.0 Å². The lowest BCUT2D eigenvalue weighted by Gasteiger charge is -2.26. The Bertz CT molecular complexity index is 1680. The maximum atomic E-state index is 12.7. The Balaban J connectivity index is 1.65. The number of anilines is 2. The van der Waals surface area contributed by atoms with Gasteiger partial charge in [0.1, 0.15) is 22.9 Å². The number of hydrogen-bond donors (Lipinski definition) is 2. The molecule has 0 radical (unpaired) electrons. The molecule has 4 rings (SSSR count). The van der Waals surface area contributed by atoms with Crippen molar-refractivity contribution in [2.24, 2.45) is 21.1 Å². The maximum Gasteiger partial charge on any atom is 0.404 e. The van der Waals surface area contributed by atoms with Gasteiger partial charge in [-0.2, -0.15) is 0 Å². The molecule has 0 fully saturated rings. The van der Waals surface area contributed by atoms with Gasteiger partial charge >= 0.3 is 11.8 Å². The van der Waals surface area contributed by atoms with E-state index in [2.05, 4.69) is 10.3 Å². The van der Waals surface area contributed by atoms with Gasteiger partial charge in [-0.15, -0.1) is 0 Å². The summed E-state index contributed by atoms with van der Waals surface area (Å²) in [6, 6.07) is 8.34. The van der Waals surface area contributed by atoms with E-state index in [0.717, 1.165) is 36.4 Å². The number of fused-ring (bicyclic) bond motifs is 1. The molecule has 1 amide bonds. The molecule has 14 nitrogen and oxygen atoms in total. The van der Waals surface area contributed by atoms with Gasteiger partial charge in [0.15, 0.2) is 11.6 Å². The lowest BCUT2D eigenvalue weighted by Crippen LogP contribution is -2.21. The fourth-order valence-electron chi connectivity index (χ4n) is 4.62. The van der Waals surface area contributed by atoms with Crippen LogP contribution in [0.15, 0.2) is 47.7 Å². The summed E-state index contributed by atoms with van der Waals surface area (Å²) in [6.07, 6.45) is 6.04. The number of nitrogens with one attached hydrogen (secondary N) is 1. The highest BCUT2D eigenvalue weighted by Crippen LogP contribution is 2.41. The van der Waals surface area contributed by atoms with E-state index in [0.29, 0.717) is 48.0 Å². The lowest BCUT2D eigenvalue weighted by atomic mass is 10.2. The molecule has 4 aromatic rings. The number of carboxylic acid groups (broad SMARTS) is 1. The average molecular weight is 630 g/mol. The van der Waals surface area contributed by atoms with E-state index >= 15 is 0 Å². The third-order valence-corrected chi connectivity index (χ3v) is 7.47. The fraction of sp³-hybridized carbons (Fsp3) is 0.414. The Morgan fingerprint density at radius 2 is 1.61 bits per heavy atom. The zero-order chi connectivity index (χ0) is 31.8. The van der Waals surface area contributed by atoms with Gasteiger partial charge in [0.2, 0.25) is 0 Å². The minimum atomic E-state index is -2.78. The van der Waals surface area contributed by atoms with Crippen LogP contribution in [0.5, 0.6) is 23.0 Å². The first-order valence-corrected chi connectivity index (χ1v) is 15.2. The molecule has 1 unspecified atom stereocenters. The van der Waals surface area contributed by atoms with Crippen molar-refractivity contribution in [1.29, 1.82) is 0 Å². The molecule has 0 saturated carbocycles. The van der Waals surface area contributed by atoms with Crippen LogP contribution in [0.1, 0.15) is 39.0 Å². The number of ether oxygens (including phenoxy) is 3. The van der Waals surface area contributed by atoms with Gasteiger partial charge in [-0.3, -0.25) is 13.3 Å². The van der Waals surface area contributed by atoms with Crippen LogP contribution >= 0.6 is 0 Å². The Morgan fingerprint density at radius 1 is 0.977 bits per heavy atom. The van der Waals surface area contributed by atoms with Crippen molar-refractivity contribution in [2.75, 3.05) is 24.1 Å². The standard InChI is InChI=1S/C29H38N6O8S/c1-5-11-41-20-13-21(42-12-9-7-6-8-10-30-28(36)37)15-22(14-20)43-26-17-24-23(33(3)29(38)34(24)4)16-25(26)35(44(39)40)27-18-32(2)19-31-27/h13-19,30H,5-12H2,1-4H3,(H,36,37)(H,39,40)/p-1. The number of amides is 1. The lowest BCUT2D eigenvalue weighted by molar-refractivity contribution is 0.194. The minimum Gasteiger partial charge on any atom is -0.755 e. The van der Waals surface area contributed by atoms with E-state index in [-0.39, 0.29) is 22.9 Å². The van der Waals surface area contributed by atoms with Crippen LogP contribution in [0, 0.1) is 0 Å². The Hall–Kier alpha value is -4.50. The summed E-state index contributed by atoms with van der Waals surface area (Å²) in [5, 5.41) is 11.0. The topological polar surface area (TPSA) is 165 Å². The van der Waals surface area contributed by atoms with Crippen LogP contribution < -0.4 is 29.5 Å². The molecule has 1 atom stereocenters. The highest BCUT2D eigenvalue weighted by atomic mass is 32.2. The largest absolute Gasteiger partial charge is 0.755 e. The van der Waals surface area contributed by atoms with E-state index < -0.39 is 17.4 Å². The summed E-state index contributed by atoms with van der Waals surface area (Å²) in [7, 11) is 4.97. The maximum absolute atomic E-state index is 12.7. The summed E-state index contributed by atoms with van der Waals surface area (Å²) >= 11 is -2.78. The zero-order valence-electron chi connectivity index (χ0n) is 25.1. The molecule has 2 heterocycles. The summed E-state index contributed by atoms with van der Waals surface area (Å²) < 4.78 is 48.9. The van der Waals surface area contributed by atoms with Crippen molar-refractivity contribution in [3.8, 4) is 23.0 Å². The SMILES string of the molecule is CCCOc1cc(OCCCCCCNC(=O)O)cc(Oc2cc3c(cc2N(c2cn(C)cn2)S(=O)[O-])n(C)c(=O)n3C)c1. The molecule has 0 bridgehead atoms. The number of benzene rings is 2. The molecule has 15 heteroatoms. The number of imidazole rings is 2. The minimum absolute atomic E-state index is 0.147. The first-order chi connectivity index (χ1) is 21.1. The third kappa shape index (κ3) is 7.90. The molecule has 2 aromatic heterocycles. The molecule has 238 valence electrons. The van der Waals surface area contributed by atoms with Gasteiger partial charge in [-0.05, 0) is 25.3 Å². The summed E-state index contributed by atoms with van der Waals surface area (Å²) in [4.78, 5) is 27.5. The summed E-state index contributed by atoms with van der Waals surface area (Å²) in [5.41, 5.74) is 0.932. The number of nitrogens with zero attached hydrogens (tertiary/aromatic N) is 5. The van der Waals surface area contributed by atoms with E-state index in [4.69, 9.17) is 19.3 Å². The van der Waals surface area contributed by atoms with Crippen molar-refractivity contribution in [3.63, 3.8) is 0 Å². The second-order valence-corrected chi connectivity index (χ2v) is 11.0. The predicted octanol–water partition coefficient (Wildman–Crippen LogP) is 4.33. The number of hydrogen-bond acceptors (Lipinski definition) is 8. The smallest absolute Gasteiger partial charge is 0.404 e. The fourth-order valence-corrected chi connectivity index (χ4v) is 5.17. The highest BCUT2D eigenvalue weighted by molar-refractivity contribution is 7.81. The second-order valence-electron chi connectivity index (χ2n) is 10.2. The van der Waals surface area contributed by atoms with Crippen LogP contribution in [0.2, 0.25) is 0 Å². The molecule has 0 saturated heterocycles. The molecule has 0 aliphatic heterocycles. The predicted molar refractivity (Wildman–Crippen MR) is 165 cm³/mol. The molecular weight excluding hydrogens is 592 g/mol. The van der Waals surface area contributed by atoms with Crippen molar-refractivity contribution >= 4 is 39.9 Å². The highest BCUT2D eigenvalue weighted by Gasteiger charge is 2.22. The van der Waals surface area contributed by atoms with E-state index in [1.54, 1.807) is 62.2 Å². The van der Waals surface area contributed by atoms with Crippen LogP contribution in [-0.2, 0) is 32.4 Å². The summed E-state index contributed by atoms with van der Waals surface area (Å²) in [5.74, 6) is 1.68. The Morgan fingerprint density at radius 3 is 2.23 bits per heavy atom. The monoisotopic (exact) mass is 629 g/mol. The van der Waals surface area contributed by atoms with E-state index in [1.165, 1.54) is 15.5 Å². The molecule has 0 spiro atoms. The molecular formula is C29H37N6O8S-. The average Bonchev–Trinajstić information content (AvgIpc) is 3.49. The van der Waals surface area contributed by atoms with Gasteiger partial charge < -0.3 is 33.8 Å². The number of carbonyl (C=O) groups is 1. The normalized spacial score (nSPS) is 11.8. The Kier molecular flexibility index (Phi) is 10.9. The van der Waals surface area contributed by atoms with Crippen LogP contribution in [0.3, 0.4) is 0 Å². The van der Waals surface area contributed by atoms with Crippen LogP contribution in [0.4, 0.5) is 16.3 Å². The Labute approximate surface area is 257 Å². The van der Waals surface area contributed by atoms with Gasteiger partial charge in [0.25, 0.3) is 0 Å². The van der Waals surface area contributed by atoms with Crippen LogP contribution in [-0.4, -0.2) is 58.4 Å². The number of aromatic nitrogens is 4. The number of aryl methyl sites for hydroxylation is 3. The van der Waals surface area contributed by atoms with E-state index in [9.17, 15) is 18.4 Å². The van der Waals surface area contributed by atoms with Gasteiger partial charge in [0.05, 0.1) is 41.8 Å². The number of rotatable bonds is 16. The first kappa shape index (κ1) is 32.4. The first-order valence-electron chi connectivity index (χ1n) is 14.2. The van der Waals surface area contributed by atoms with Crippen molar-refractivity contribution < 1.29 is 32.9 Å². The third-order valence-electron chi connectivity index (χ3n) is 6.79. The van der Waals surface area contributed by atoms with Crippen molar-refractivity contribution in [2.45, 2.75) is 39.0 Å². The number of unbranched alkanes of at least 4 members (excludes halogenated alkanes) is 3. The zero-order valence-corrected chi connectivity index (χ0v) is 26.0. The van der Waals surface area contributed by atoms with Gasteiger partial charge in [-0.25, -0.2) is 18.9 Å². The van der Waals surface area contributed by atoms with E-state index in [1.807, 2.05) is 6.92 Å². The molecule has 0 aliphatic carbocycles. The second kappa shape index (κ2) is 14.8. The molecule has 44 heavy (non-hydrogen) atoms. The molecule has 2 N–H and O–H groups in total. The summed E-state index contributed by atoms with van der Waals surface area (Å²) in [6.45, 7) is 3.30. The quantitative estimate of drug-likeness (QED) is 0.136. The van der Waals surface area contributed by atoms with Gasteiger partial charge in [0, 0.05) is 58.2 Å². The van der Waals surface area contributed by atoms with Gasteiger partial charge in [-0.1, -0.05) is 19.8 Å².